The average Bonchev–Trinajstić information content (AvgIpc) is 2.48. The molecular weight excluding hydrogens is 292 g/mol. The number of esters is 3. The number of carbonyl (C=O) groups excluding carboxylic acids is 3. The van der Waals surface area contributed by atoms with Gasteiger partial charge in [-0.1, -0.05) is 0 Å². The van der Waals surface area contributed by atoms with E-state index in [2.05, 4.69) is 4.98 Å². The molecule has 120 valence electrons. The van der Waals surface area contributed by atoms with Crippen molar-refractivity contribution in [3.8, 4) is 0 Å². The van der Waals surface area contributed by atoms with Crippen molar-refractivity contribution in [2.24, 2.45) is 0 Å². The largest absolute Gasteiger partial charge is 0.462 e. The van der Waals surface area contributed by atoms with Gasteiger partial charge in [0.05, 0.1) is 31.1 Å². The third-order valence-electron chi connectivity index (χ3n) is 2.51. The Balaban J connectivity index is 3.39. The van der Waals surface area contributed by atoms with Gasteiger partial charge in [-0.3, -0.25) is 0 Å². The van der Waals surface area contributed by atoms with E-state index in [4.69, 9.17) is 19.9 Å². The maximum atomic E-state index is 11.9. The van der Waals surface area contributed by atoms with Crippen LogP contribution >= 0.6 is 0 Å². The van der Waals surface area contributed by atoms with Crippen molar-refractivity contribution in [3.05, 3.63) is 23.0 Å². The van der Waals surface area contributed by atoms with Gasteiger partial charge in [-0.2, -0.15) is 0 Å². The van der Waals surface area contributed by atoms with Gasteiger partial charge in [0.1, 0.15) is 5.69 Å². The minimum atomic E-state index is -0.836. The minimum Gasteiger partial charge on any atom is -0.462 e. The summed E-state index contributed by atoms with van der Waals surface area (Å²) in [7, 11) is 0. The second kappa shape index (κ2) is 7.96. The van der Waals surface area contributed by atoms with Crippen molar-refractivity contribution < 1.29 is 28.6 Å². The zero-order valence-electron chi connectivity index (χ0n) is 12.7. The number of pyridine rings is 1. The Morgan fingerprint density at radius 2 is 1.45 bits per heavy atom. The number of ether oxygens (including phenoxy) is 3. The molecule has 22 heavy (non-hydrogen) atoms. The van der Waals surface area contributed by atoms with Gasteiger partial charge < -0.3 is 19.9 Å². The van der Waals surface area contributed by atoms with Crippen LogP contribution in [0.1, 0.15) is 52.1 Å². The number of nitrogens with zero attached hydrogens (tertiary/aromatic N) is 1. The maximum absolute atomic E-state index is 11.9. The lowest BCUT2D eigenvalue weighted by atomic mass is 10.1. The number of hydrogen-bond acceptors (Lipinski definition) is 8. The normalized spacial score (nSPS) is 9.95. The highest BCUT2D eigenvalue weighted by Gasteiger charge is 2.24. The topological polar surface area (TPSA) is 118 Å². The SMILES string of the molecule is CCOC(=O)c1cc(C(=O)OCC)c(N)c(C(=O)OCC)n1. The molecule has 2 N–H and O–H groups in total. The van der Waals surface area contributed by atoms with E-state index in [1.807, 2.05) is 0 Å². The first-order chi connectivity index (χ1) is 10.5. The summed E-state index contributed by atoms with van der Waals surface area (Å²) in [5.74, 6) is -2.38. The van der Waals surface area contributed by atoms with E-state index in [1.54, 1.807) is 20.8 Å². The lowest BCUT2D eigenvalue weighted by molar-refractivity contribution is 0.0512. The van der Waals surface area contributed by atoms with Crippen LogP contribution in [0.25, 0.3) is 0 Å². The molecule has 0 spiro atoms. The van der Waals surface area contributed by atoms with E-state index < -0.39 is 17.9 Å². The van der Waals surface area contributed by atoms with Crippen molar-refractivity contribution in [2.45, 2.75) is 20.8 Å². The standard InChI is InChI=1S/C14H18N2O6/c1-4-20-12(17)8-7-9(13(18)21-5-2)16-11(10(8)15)14(19)22-6-3/h7H,4-6,15H2,1-3H3. The molecule has 0 aromatic carbocycles. The summed E-state index contributed by atoms with van der Waals surface area (Å²) in [6.45, 7) is 5.17. The molecule has 1 heterocycles. The second-order valence-electron chi connectivity index (χ2n) is 3.98. The number of hydrogen-bond donors (Lipinski definition) is 1. The van der Waals surface area contributed by atoms with Crippen molar-refractivity contribution in [1.82, 2.24) is 4.98 Å². The Labute approximate surface area is 127 Å². The van der Waals surface area contributed by atoms with Crippen LogP contribution < -0.4 is 5.73 Å². The molecule has 0 saturated carbocycles. The molecule has 0 amide bonds. The van der Waals surface area contributed by atoms with Crippen molar-refractivity contribution in [1.29, 1.82) is 0 Å². The molecule has 0 unspecified atom stereocenters. The highest BCUT2D eigenvalue weighted by atomic mass is 16.5. The third kappa shape index (κ3) is 3.94. The third-order valence-corrected chi connectivity index (χ3v) is 2.51. The number of anilines is 1. The molecule has 0 saturated heterocycles. The van der Waals surface area contributed by atoms with E-state index in [0.29, 0.717) is 0 Å². The zero-order chi connectivity index (χ0) is 16.7. The summed E-state index contributed by atoms with van der Waals surface area (Å²) in [6, 6.07) is 1.13. The number of nitrogens with two attached hydrogens (primary N) is 1. The monoisotopic (exact) mass is 310 g/mol. The molecule has 1 aromatic rings. The van der Waals surface area contributed by atoms with Crippen LogP contribution in [-0.4, -0.2) is 42.7 Å². The summed E-state index contributed by atoms with van der Waals surface area (Å²) in [5.41, 5.74) is 4.89. The smallest absolute Gasteiger partial charge is 0.359 e. The summed E-state index contributed by atoms with van der Waals surface area (Å²) in [5, 5.41) is 0. The Morgan fingerprint density at radius 3 is 2.00 bits per heavy atom. The number of nitrogen functional groups attached to an aromatic ring is 1. The van der Waals surface area contributed by atoms with Gasteiger partial charge in [-0.25, -0.2) is 19.4 Å². The van der Waals surface area contributed by atoms with Gasteiger partial charge in [0.25, 0.3) is 0 Å². The highest BCUT2D eigenvalue weighted by molar-refractivity contribution is 6.04. The molecule has 0 radical (unpaired) electrons. The van der Waals surface area contributed by atoms with E-state index in [0.717, 1.165) is 6.07 Å². The fourth-order valence-corrected chi connectivity index (χ4v) is 1.60. The van der Waals surface area contributed by atoms with Crippen molar-refractivity contribution >= 4 is 23.6 Å². The Hall–Kier alpha value is -2.64. The van der Waals surface area contributed by atoms with Crippen LogP contribution in [0.15, 0.2) is 6.07 Å². The first-order valence-corrected chi connectivity index (χ1v) is 6.78. The van der Waals surface area contributed by atoms with Crippen LogP contribution in [0.5, 0.6) is 0 Å². The lowest BCUT2D eigenvalue weighted by Gasteiger charge is -2.11. The highest BCUT2D eigenvalue weighted by Crippen LogP contribution is 2.20. The van der Waals surface area contributed by atoms with Gasteiger partial charge in [0.2, 0.25) is 0 Å². The van der Waals surface area contributed by atoms with E-state index in [-0.39, 0.29) is 42.5 Å². The number of carbonyl (C=O) groups is 3. The van der Waals surface area contributed by atoms with Crippen LogP contribution in [-0.2, 0) is 14.2 Å². The predicted molar refractivity (Wildman–Crippen MR) is 76.5 cm³/mol. The number of rotatable bonds is 6. The van der Waals surface area contributed by atoms with Crippen LogP contribution in [0.2, 0.25) is 0 Å². The Bertz CT molecular complexity index is 546. The van der Waals surface area contributed by atoms with E-state index >= 15 is 0 Å². The lowest BCUT2D eigenvalue weighted by Crippen LogP contribution is -2.19. The summed E-state index contributed by atoms with van der Waals surface area (Å²) >= 11 is 0. The molecule has 0 aliphatic rings. The van der Waals surface area contributed by atoms with Crippen molar-refractivity contribution in [3.63, 3.8) is 0 Å². The van der Waals surface area contributed by atoms with Gasteiger partial charge in [-0.15, -0.1) is 0 Å². The molecule has 0 aliphatic heterocycles. The Morgan fingerprint density at radius 1 is 0.955 bits per heavy atom. The summed E-state index contributed by atoms with van der Waals surface area (Å²) in [4.78, 5) is 39.4. The molecule has 1 rings (SSSR count). The molecule has 0 atom stereocenters. The zero-order valence-corrected chi connectivity index (χ0v) is 12.7. The average molecular weight is 310 g/mol. The van der Waals surface area contributed by atoms with E-state index in [1.165, 1.54) is 0 Å². The van der Waals surface area contributed by atoms with Gasteiger partial charge >= 0.3 is 17.9 Å². The van der Waals surface area contributed by atoms with Gasteiger partial charge in [0, 0.05) is 0 Å². The summed E-state index contributed by atoms with van der Waals surface area (Å²) in [6.07, 6.45) is 0. The molecule has 8 heteroatoms. The van der Waals surface area contributed by atoms with Gasteiger partial charge in [0.15, 0.2) is 5.69 Å². The quantitative estimate of drug-likeness (QED) is 0.615. The molecule has 1 aromatic heterocycles. The second-order valence-corrected chi connectivity index (χ2v) is 3.98. The van der Waals surface area contributed by atoms with Crippen LogP contribution in [0.3, 0.4) is 0 Å². The fourth-order valence-electron chi connectivity index (χ4n) is 1.60. The van der Waals surface area contributed by atoms with E-state index in [9.17, 15) is 14.4 Å². The first kappa shape index (κ1) is 17.4. The maximum Gasteiger partial charge on any atom is 0.359 e. The molecule has 8 nitrogen and oxygen atoms in total. The number of aromatic nitrogens is 1. The molecule has 0 bridgehead atoms. The Kier molecular flexibility index (Phi) is 6.30. The van der Waals surface area contributed by atoms with Crippen molar-refractivity contribution in [2.75, 3.05) is 25.6 Å². The molecule has 0 aliphatic carbocycles. The summed E-state index contributed by atoms with van der Waals surface area (Å²) < 4.78 is 14.5. The first-order valence-electron chi connectivity index (χ1n) is 6.78. The molecule has 0 fully saturated rings. The predicted octanol–water partition coefficient (Wildman–Crippen LogP) is 1.19. The molecular formula is C14H18N2O6. The minimum absolute atomic E-state index is 0.0956. The van der Waals surface area contributed by atoms with Crippen LogP contribution in [0, 0.1) is 0 Å². The fraction of sp³-hybridized carbons (Fsp3) is 0.429. The van der Waals surface area contributed by atoms with Gasteiger partial charge in [-0.05, 0) is 26.8 Å². The van der Waals surface area contributed by atoms with Crippen LogP contribution in [0.4, 0.5) is 5.69 Å².